The number of hydrogen-bond acceptors (Lipinski definition) is 7. The van der Waals surface area contributed by atoms with Crippen LogP contribution in [0.5, 0.6) is 5.75 Å². The van der Waals surface area contributed by atoms with Crippen LogP contribution in [-0.2, 0) is 29.1 Å². The standard InChI is InChI=1S/C19H24ClN3O7S/c1-3-29-19(26)12-5-4-6-23(9-12)18(25)10-22(2)31(27,28)16-8-15-14(7-13(16)20)21-17(24)11-30-15/h7-8,12H,3-6,9-11H2,1-2H3,(H,21,24). The van der Waals surface area contributed by atoms with E-state index in [2.05, 4.69) is 5.32 Å². The van der Waals surface area contributed by atoms with E-state index in [0.29, 0.717) is 19.4 Å². The second-order valence-corrected chi connectivity index (χ2v) is 9.73. The third-order valence-electron chi connectivity index (χ3n) is 5.11. The maximum atomic E-state index is 13.0. The molecule has 1 aromatic carbocycles. The molecule has 1 unspecified atom stereocenters. The Bertz CT molecular complexity index is 998. The minimum absolute atomic E-state index is 0.107. The van der Waals surface area contributed by atoms with Gasteiger partial charge in [0.15, 0.2) is 6.61 Å². The zero-order valence-electron chi connectivity index (χ0n) is 17.2. The predicted octanol–water partition coefficient (Wildman–Crippen LogP) is 1.09. The Kier molecular flexibility index (Phi) is 7.07. The summed E-state index contributed by atoms with van der Waals surface area (Å²) in [5, 5.41) is 2.44. The number of anilines is 1. The van der Waals surface area contributed by atoms with Crippen LogP contribution in [-0.4, -0.2) is 75.3 Å². The SMILES string of the molecule is CCOC(=O)C1CCCN(C(=O)CN(C)S(=O)(=O)c2cc3c(cc2Cl)NC(=O)CO3)C1. The van der Waals surface area contributed by atoms with Crippen molar-refractivity contribution in [1.82, 2.24) is 9.21 Å². The summed E-state index contributed by atoms with van der Waals surface area (Å²) in [6.45, 7) is 1.96. The molecular weight excluding hydrogens is 450 g/mol. The van der Waals surface area contributed by atoms with Crippen LogP contribution >= 0.6 is 11.6 Å². The van der Waals surface area contributed by atoms with E-state index in [4.69, 9.17) is 21.1 Å². The summed E-state index contributed by atoms with van der Waals surface area (Å²) in [6.07, 6.45) is 1.25. The molecule has 31 heavy (non-hydrogen) atoms. The van der Waals surface area contributed by atoms with Crippen molar-refractivity contribution in [2.45, 2.75) is 24.7 Å². The highest BCUT2D eigenvalue weighted by atomic mass is 35.5. The van der Waals surface area contributed by atoms with Gasteiger partial charge in [-0.2, -0.15) is 4.31 Å². The van der Waals surface area contributed by atoms with Crippen LogP contribution in [0.4, 0.5) is 5.69 Å². The van der Waals surface area contributed by atoms with Gasteiger partial charge in [-0.3, -0.25) is 14.4 Å². The van der Waals surface area contributed by atoms with Gasteiger partial charge < -0.3 is 19.7 Å². The number of nitrogens with one attached hydrogen (secondary N) is 1. The fraction of sp³-hybridized carbons (Fsp3) is 0.526. The molecule has 170 valence electrons. The van der Waals surface area contributed by atoms with E-state index in [-0.39, 0.29) is 53.0 Å². The summed E-state index contributed by atoms with van der Waals surface area (Å²) >= 11 is 6.15. The first-order valence-electron chi connectivity index (χ1n) is 9.80. The quantitative estimate of drug-likeness (QED) is 0.613. The number of hydrogen-bond donors (Lipinski definition) is 1. The Morgan fingerprint density at radius 2 is 2.13 bits per heavy atom. The van der Waals surface area contributed by atoms with Gasteiger partial charge in [0.2, 0.25) is 15.9 Å². The van der Waals surface area contributed by atoms with E-state index in [1.54, 1.807) is 6.92 Å². The molecule has 2 heterocycles. The number of halogens is 1. The van der Waals surface area contributed by atoms with Crippen LogP contribution in [0.15, 0.2) is 17.0 Å². The van der Waals surface area contributed by atoms with Crippen molar-refractivity contribution in [3.63, 3.8) is 0 Å². The van der Waals surface area contributed by atoms with Crippen LogP contribution < -0.4 is 10.1 Å². The number of carbonyl (C=O) groups excluding carboxylic acids is 3. The molecule has 2 aliphatic heterocycles. The van der Waals surface area contributed by atoms with Gasteiger partial charge in [0, 0.05) is 26.2 Å². The molecule has 0 bridgehead atoms. The number of nitrogens with zero attached hydrogens (tertiary/aromatic N) is 2. The lowest BCUT2D eigenvalue weighted by Crippen LogP contribution is -2.47. The van der Waals surface area contributed by atoms with E-state index in [1.165, 1.54) is 24.1 Å². The summed E-state index contributed by atoms with van der Waals surface area (Å²) in [4.78, 5) is 37.4. The first kappa shape index (κ1) is 23.3. The molecule has 1 N–H and O–H groups in total. The Hall–Kier alpha value is -2.37. The largest absolute Gasteiger partial charge is 0.482 e. The Balaban J connectivity index is 1.72. The van der Waals surface area contributed by atoms with Crippen LogP contribution in [0.1, 0.15) is 19.8 Å². The first-order chi connectivity index (χ1) is 14.6. The van der Waals surface area contributed by atoms with Gasteiger partial charge in [-0.15, -0.1) is 0 Å². The van der Waals surface area contributed by atoms with Crippen LogP contribution in [0, 0.1) is 5.92 Å². The summed E-state index contributed by atoms with van der Waals surface area (Å²) in [6, 6.07) is 2.52. The zero-order chi connectivity index (χ0) is 22.8. The van der Waals surface area contributed by atoms with E-state index in [9.17, 15) is 22.8 Å². The molecule has 12 heteroatoms. The lowest BCUT2D eigenvalue weighted by molar-refractivity contribution is -0.151. The van der Waals surface area contributed by atoms with Crippen molar-refractivity contribution in [3.8, 4) is 5.75 Å². The average Bonchev–Trinajstić information content (AvgIpc) is 2.73. The first-order valence-corrected chi connectivity index (χ1v) is 11.6. The highest BCUT2D eigenvalue weighted by Crippen LogP contribution is 2.36. The number of rotatable bonds is 6. The fourth-order valence-corrected chi connectivity index (χ4v) is 5.11. The van der Waals surface area contributed by atoms with E-state index in [1.807, 2.05) is 0 Å². The molecule has 1 fully saturated rings. The van der Waals surface area contributed by atoms with Gasteiger partial charge in [-0.25, -0.2) is 8.42 Å². The molecule has 0 radical (unpaired) electrons. The average molecular weight is 474 g/mol. The van der Waals surface area contributed by atoms with Crippen molar-refractivity contribution >= 4 is 45.1 Å². The van der Waals surface area contributed by atoms with Gasteiger partial charge in [-0.1, -0.05) is 11.6 Å². The number of ether oxygens (including phenoxy) is 2. The van der Waals surface area contributed by atoms with Crippen molar-refractivity contribution in [3.05, 3.63) is 17.2 Å². The van der Waals surface area contributed by atoms with Crippen molar-refractivity contribution in [2.24, 2.45) is 5.92 Å². The number of likely N-dealkylation sites (tertiary alicyclic amines) is 1. The number of amides is 2. The highest BCUT2D eigenvalue weighted by Gasteiger charge is 2.33. The number of likely N-dealkylation sites (N-methyl/N-ethyl adjacent to an activating group) is 1. The lowest BCUT2D eigenvalue weighted by Gasteiger charge is -2.32. The summed E-state index contributed by atoms with van der Waals surface area (Å²) < 4.78 is 37.3. The van der Waals surface area contributed by atoms with Crippen molar-refractivity contribution < 1.29 is 32.3 Å². The molecule has 2 aliphatic rings. The number of sulfonamides is 1. The van der Waals surface area contributed by atoms with Gasteiger partial charge in [0.1, 0.15) is 10.6 Å². The van der Waals surface area contributed by atoms with Crippen LogP contribution in [0.25, 0.3) is 0 Å². The number of carbonyl (C=O) groups is 3. The smallest absolute Gasteiger partial charge is 0.310 e. The molecule has 2 amide bonds. The third-order valence-corrected chi connectivity index (χ3v) is 7.38. The predicted molar refractivity (Wildman–Crippen MR) is 111 cm³/mol. The Morgan fingerprint density at radius 3 is 2.84 bits per heavy atom. The topological polar surface area (TPSA) is 122 Å². The fourth-order valence-electron chi connectivity index (χ4n) is 3.48. The molecule has 0 saturated carbocycles. The van der Waals surface area contributed by atoms with E-state index in [0.717, 1.165) is 4.31 Å². The maximum Gasteiger partial charge on any atom is 0.310 e. The number of piperidine rings is 1. The van der Waals surface area contributed by atoms with E-state index >= 15 is 0 Å². The van der Waals surface area contributed by atoms with Gasteiger partial charge in [0.25, 0.3) is 5.91 Å². The van der Waals surface area contributed by atoms with E-state index < -0.39 is 28.4 Å². The molecule has 1 aromatic rings. The number of esters is 1. The summed E-state index contributed by atoms with van der Waals surface area (Å²) in [5.41, 5.74) is 0.275. The van der Waals surface area contributed by atoms with Gasteiger partial charge in [-0.05, 0) is 25.8 Å². The number of benzene rings is 1. The molecule has 1 atom stereocenters. The monoisotopic (exact) mass is 473 g/mol. The highest BCUT2D eigenvalue weighted by molar-refractivity contribution is 7.89. The maximum absolute atomic E-state index is 13.0. The normalized spacial score (nSPS) is 18.8. The molecule has 10 nitrogen and oxygen atoms in total. The molecule has 0 spiro atoms. The van der Waals surface area contributed by atoms with Crippen LogP contribution in [0.3, 0.4) is 0 Å². The minimum atomic E-state index is -4.12. The minimum Gasteiger partial charge on any atom is -0.482 e. The van der Waals surface area contributed by atoms with Crippen molar-refractivity contribution in [1.29, 1.82) is 0 Å². The second-order valence-electron chi connectivity index (χ2n) is 7.31. The Morgan fingerprint density at radius 1 is 1.39 bits per heavy atom. The Labute approximate surface area is 185 Å². The van der Waals surface area contributed by atoms with Crippen LogP contribution in [0.2, 0.25) is 5.02 Å². The second kappa shape index (κ2) is 9.41. The summed E-state index contributed by atoms with van der Waals surface area (Å²) in [5.74, 6) is -1.38. The molecular formula is C19H24ClN3O7S. The molecule has 3 rings (SSSR count). The number of fused-ring (bicyclic) bond motifs is 1. The molecule has 1 saturated heterocycles. The van der Waals surface area contributed by atoms with Gasteiger partial charge >= 0.3 is 5.97 Å². The summed E-state index contributed by atoms with van der Waals surface area (Å²) in [7, 11) is -2.84. The zero-order valence-corrected chi connectivity index (χ0v) is 18.8. The molecule has 0 aliphatic carbocycles. The molecule has 0 aromatic heterocycles. The van der Waals surface area contributed by atoms with Crippen molar-refractivity contribution in [2.75, 3.05) is 45.2 Å². The lowest BCUT2D eigenvalue weighted by atomic mass is 9.98. The van der Waals surface area contributed by atoms with Gasteiger partial charge in [0.05, 0.1) is 29.8 Å². The third kappa shape index (κ3) is 5.10.